The number of carbonyl (C=O) groups is 2. The maximum absolute atomic E-state index is 12.1. The molecule has 1 aliphatic heterocycles. The van der Waals surface area contributed by atoms with Gasteiger partial charge in [0.2, 0.25) is 5.88 Å². The number of nitrogens with zero attached hydrogens (tertiary/aromatic N) is 6. The summed E-state index contributed by atoms with van der Waals surface area (Å²) in [6, 6.07) is 9.40. The fourth-order valence-electron chi connectivity index (χ4n) is 4.62. The predicted molar refractivity (Wildman–Crippen MR) is 150 cm³/mol. The topological polar surface area (TPSA) is 122 Å². The number of aromatic nitrogens is 5. The number of imidazole rings is 1. The van der Waals surface area contributed by atoms with E-state index >= 15 is 0 Å². The molecule has 11 nitrogen and oxygen atoms in total. The normalized spacial score (nSPS) is 15.9. The highest BCUT2D eigenvalue weighted by atomic mass is 35.5. The Balaban J connectivity index is 1.27. The average molecular weight is 577 g/mol. The summed E-state index contributed by atoms with van der Waals surface area (Å²) >= 11 is 6.81. The predicted octanol–water partition coefficient (Wildman–Crippen LogP) is 3.98. The van der Waals surface area contributed by atoms with Gasteiger partial charge in [0.15, 0.2) is 17.8 Å². The van der Waals surface area contributed by atoms with Crippen molar-refractivity contribution < 1.29 is 23.8 Å². The fourth-order valence-corrected chi connectivity index (χ4v) is 4.87. The molecule has 1 aromatic carbocycles. The molecule has 12 heteroatoms. The molecule has 6 rings (SSSR count). The standard InChI is InChI=1S/C29H29ClN6O5/c1-17-6-9-31-19(10-17)12-36-26(34-25-27(36)32-16-33-28(25)41-29(3)7-8-29)22-5-4-20(11-23(22)30)40-21-13-35(14-21)24(38)15-39-18(2)37/h4-6,9-11,16,21H,7-8,12-15H2,1-3H3. The van der Waals surface area contributed by atoms with Gasteiger partial charge >= 0.3 is 5.97 Å². The number of pyridine rings is 1. The Morgan fingerprint density at radius 1 is 1.12 bits per heavy atom. The molecule has 0 radical (unpaired) electrons. The Bertz CT molecular complexity index is 1650. The van der Waals surface area contributed by atoms with Crippen molar-refractivity contribution in [2.75, 3.05) is 19.7 Å². The van der Waals surface area contributed by atoms with Crippen molar-refractivity contribution in [1.82, 2.24) is 29.4 Å². The third-order valence-electron chi connectivity index (χ3n) is 7.17. The molecule has 3 aromatic heterocycles. The summed E-state index contributed by atoms with van der Waals surface area (Å²) in [5, 5.41) is 0.447. The Hall–Kier alpha value is -4.25. The number of benzene rings is 1. The van der Waals surface area contributed by atoms with E-state index in [0.717, 1.165) is 24.1 Å². The van der Waals surface area contributed by atoms with E-state index in [0.29, 0.717) is 58.8 Å². The lowest BCUT2D eigenvalue weighted by Crippen LogP contribution is -2.57. The van der Waals surface area contributed by atoms with E-state index < -0.39 is 5.97 Å². The number of fused-ring (bicyclic) bond motifs is 1. The zero-order valence-corrected chi connectivity index (χ0v) is 23.7. The minimum atomic E-state index is -0.488. The van der Waals surface area contributed by atoms with Crippen LogP contribution in [0, 0.1) is 6.92 Å². The second-order valence-electron chi connectivity index (χ2n) is 10.7. The summed E-state index contributed by atoms with van der Waals surface area (Å²) in [6.45, 7) is 6.31. The van der Waals surface area contributed by atoms with E-state index in [1.807, 2.05) is 35.8 Å². The molecule has 0 unspecified atom stereocenters. The fraction of sp³-hybridized carbons (Fsp3) is 0.379. The number of amides is 1. The van der Waals surface area contributed by atoms with Crippen molar-refractivity contribution >= 4 is 34.6 Å². The van der Waals surface area contributed by atoms with Crippen LogP contribution in [0.5, 0.6) is 11.6 Å². The van der Waals surface area contributed by atoms with Gasteiger partial charge in [0, 0.05) is 18.7 Å². The first-order chi connectivity index (χ1) is 19.7. The number of ether oxygens (including phenoxy) is 3. The number of aryl methyl sites for hydroxylation is 1. The van der Waals surface area contributed by atoms with Gasteiger partial charge < -0.3 is 23.7 Å². The van der Waals surface area contributed by atoms with Crippen LogP contribution < -0.4 is 9.47 Å². The Morgan fingerprint density at radius 2 is 1.93 bits per heavy atom. The number of hydrogen-bond acceptors (Lipinski definition) is 9. The van der Waals surface area contributed by atoms with Crippen molar-refractivity contribution in [1.29, 1.82) is 0 Å². The Labute approximate surface area is 241 Å². The molecule has 41 heavy (non-hydrogen) atoms. The van der Waals surface area contributed by atoms with E-state index in [1.165, 1.54) is 13.3 Å². The minimum Gasteiger partial charge on any atom is -0.487 e. The van der Waals surface area contributed by atoms with Gasteiger partial charge in [-0.2, -0.15) is 4.98 Å². The van der Waals surface area contributed by atoms with E-state index in [9.17, 15) is 9.59 Å². The Morgan fingerprint density at radius 3 is 2.63 bits per heavy atom. The molecule has 1 saturated carbocycles. The smallest absolute Gasteiger partial charge is 0.303 e. The van der Waals surface area contributed by atoms with Crippen LogP contribution in [0.4, 0.5) is 0 Å². The average Bonchev–Trinajstić information content (AvgIpc) is 3.52. The highest BCUT2D eigenvalue weighted by molar-refractivity contribution is 6.33. The van der Waals surface area contributed by atoms with Gasteiger partial charge in [0.05, 0.1) is 30.4 Å². The van der Waals surface area contributed by atoms with Crippen LogP contribution in [-0.4, -0.2) is 72.7 Å². The third-order valence-corrected chi connectivity index (χ3v) is 7.48. The molecular weight excluding hydrogens is 548 g/mol. The number of carbonyl (C=O) groups excluding carboxylic acids is 2. The highest BCUT2D eigenvalue weighted by Gasteiger charge is 2.41. The van der Waals surface area contributed by atoms with Crippen LogP contribution in [0.1, 0.15) is 37.9 Å². The number of hydrogen-bond donors (Lipinski definition) is 0. The van der Waals surface area contributed by atoms with Crippen molar-refractivity contribution in [3.63, 3.8) is 0 Å². The van der Waals surface area contributed by atoms with Crippen LogP contribution in [0.15, 0.2) is 42.9 Å². The Kier molecular flexibility index (Phi) is 6.98. The van der Waals surface area contributed by atoms with Crippen LogP contribution in [0.2, 0.25) is 5.02 Å². The lowest BCUT2D eigenvalue weighted by atomic mass is 10.1. The second-order valence-corrected chi connectivity index (χ2v) is 11.1. The molecule has 2 aliphatic rings. The van der Waals surface area contributed by atoms with E-state index in [4.69, 9.17) is 30.8 Å². The molecule has 1 aliphatic carbocycles. The SMILES string of the molecule is CC(=O)OCC(=O)N1CC(Oc2ccc(-c3nc4c(OC5(C)CC5)ncnc4n3Cc3cc(C)ccn3)c(Cl)c2)C1. The lowest BCUT2D eigenvalue weighted by Gasteiger charge is -2.38. The van der Waals surface area contributed by atoms with Gasteiger partial charge in [-0.05, 0) is 62.6 Å². The first-order valence-corrected chi connectivity index (χ1v) is 13.7. The van der Waals surface area contributed by atoms with Crippen molar-refractivity contribution in [3.05, 3.63) is 59.1 Å². The molecule has 0 N–H and O–H groups in total. The number of rotatable bonds is 9. The quantitative estimate of drug-likeness (QED) is 0.272. The minimum absolute atomic E-state index is 0.186. The zero-order chi connectivity index (χ0) is 28.7. The zero-order valence-electron chi connectivity index (χ0n) is 23.0. The van der Waals surface area contributed by atoms with Crippen molar-refractivity contribution in [2.45, 2.75) is 51.9 Å². The largest absolute Gasteiger partial charge is 0.487 e. The molecule has 0 spiro atoms. The molecule has 0 atom stereocenters. The molecule has 1 amide bonds. The van der Waals surface area contributed by atoms with Crippen LogP contribution in [0.3, 0.4) is 0 Å². The number of likely N-dealkylation sites (tertiary alicyclic amines) is 1. The van der Waals surface area contributed by atoms with Gasteiger partial charge in [-0.25, -0.2) is 9.97 Å². The monoisotopic (exact) mass is 576 g/mol. The van der Waals surface area contributed by atoms with Gasteiger partial charge in [0.25, 0.3) is 5.91 Å². The summed E-state index contributed by atoms with van der Waals surface area (Å²) in [5.74, 6) is 0.887. The van der Waals surface area contributed by atoms with E-state index in [-0.39, 0.29) is 24.2 Å². The number of esters is 1. The molecule has 2 fully saturated rings. The maximum Gasteiger partial charge on any atom is 0.303 e. The van der Waals surface area contributed by atoms with Gasteiger partial charge in [0.1, 0.15) is 29.6 Å². The van der Waals surface area contributed by atoms with Crippen molar-refractivity contribution in [3.8, 4) is 23.0 Å². The summed E-state index contributed by atoms with van der Waals surface area (Å²) in [7, 11) is 0. The second kappa shape index (κ2) is 10.6. The molecule has 4 aromatic rings. The summed E-state index contributed by atoms with van der Waals surface area (Å²) in [4.78, 5) is 43.0. The molecular formula is C29H29ClN6O5. The van der Waals surface area contributed by atoms with Gasteiger partial charge in [-0.1, -0.05) is 11.6 Å². The number of halogens is 1. The van der Waals surface area contributed by atoms with E-state index in [1.54, 1.807) is 17.2 Å². The molecule has 1 saturated heterocycles. The lowest BCUT2D eigenvalue weighted by molar-refractivity contribution is -0.154. The molecule has 212 valence electrons. The van der Waals surface area contributed by atoms with Gasteiger partial charge in [-0.3, -0.25) is 14.6 Å². The van der Waals surface area contributed by atoms with Crippen LogP contribution in [-0.2, 0) is 20.9 Å². The molecule has 0 bridgehead atoms. The van der Waals surface area contributed by atoms with E-state index in [2.05, 4.69) is 21.9 Å². The third kappa shape index (κ3) is 5.81. The summed E-state index contributed by atoms with van der Waals surface area (Å²) in [5.41, 5.74) is 3.61. The van der Waals surface area contributed by atoms with Crippen molar-refractivity contribution in [2.24, 2.45) is 0 Å². The first-order valence-electron chi connectivity index (χ1n) is 13.4. The summed E-state index contributed by atoms with van der Waals surface area (Å²) in [6.07, 6.45) is 5.02. The first kappa shape index (κ1) is 26.9. The molecule has 4 heterocycles. The maximum atomic E-state index is 12.1. The summed E-state index contributed by atoms with van der Waals surface area (Å²) < 4.78 is 19.0. The van der Waals surface area contributed by atoms with Gasteiger partial charge in [-0.15, -0.1) is 0 Å². The van der Waals surface area contributed by atoms with Crippen LogP contribution in [0.25, 0.3) is 22.6 Å². The highest BCUT2D eigenvalue weighted by Crippen LogP contribution is 2.41. The van der Waals surface area contributed by atoms with Crippen LogP contribution >= 0.6 is 11.6 Å².